The molecule has 35 heavy (non-hydrogen) atoms. The molecule has 0 bridgehead atoms. The van der Waals surface area contributed by atoms with Crippen LogP contribution in [0.2, 0.25) is 0 Å². The van der Waals surface area contributed by atoms with E-state index in [0.29, 0.717) is 29.1 Å². The van der Waals surface area contributed by atoms with Gasteiger partial charge >= 0.3 is 0 Å². The maximum Gasteiger partial charge on any atom is 0.231 e. The lowest BCUT2D eigenvalue weighted by Crippen LogP contribution is -2.47. The van der Waals surface area contributed by atoms with Crippen LogP contribution < -0.4 is 10.1 Å². The average molecular weight is 473 g/mol. The van der Waals surface area contributed by atoms with Gasteiger partial charge in [0, 0.05) is 30.4 Å². The topological polar surface area (TPSA) is 109 Å². The van der Waals surface area contributed by atoms with Crippen molar-refractivity contribution in [2.24, 2.45) is 0 Å². The molecule has 0 spiro atoms. The molecule has 2 aromatic carbocycles. The van der Waals surface area contributed by atoms with Gasteiger partial charge in [0.1, 0.15) is 5.75 Å². The summed E-state index contributed by atoms with van der Waals surface area (Å²) < 4.78 is 11.0. The second-order valence-corrected chi connectivity index (χ2v) is 8.65. The second kappa shape index (κ2) is 9.81. The third-order valence-corrected chi connectivity index (χ3v) is 6.22. The number of benzene rings is 2. The first-order chi connectivity index (χ1) is 17.0. The molecule has 1 saturated heterocycles. The number of methoxy groups -OCH3 is 1. The number of hydrogen-bond acceptors (Lipinski definition) is 9. The number of piperidine rings is 1. The summed E-state index contributed by atoms with van der Waals surface area (Å²) in [6, 6.07) is 15.3. The summed E-state index contributed by atoms with van der Waals surface area (Å²) in [4.78, 5) is 20.0. The smallest absolute Gasteiger partial charge is 0.231 e. The first-order valence-corrected chi connectivity index (χ1v) is 11.7. The summed E-state index contributed by atoms with van der Waals surface area (Å²) in [7, 11) is 1.60. The van der Waals surface area contributed by atoms with Gasteiger partial charge in [-0.15, -0.1) is 0 Å². The normalized spacial score (nSPS) is 16.0. The molecule has 2 N–H and O–H groups in total. The van der Waals surface area contributed by atoms with Gasteiger partial charge in [-0.3, -0.25) is 4.90 Å². The van der Waals surface area contributed by atoms with Crippen molar-refractivity contribution in [2.75, 3.05) is 25.5 Å². The predicted molar refractivity (Wildman–Crippen MR) is 132 cm³/mol. The molecule has 1 atom stereocenters. The fourth-order valence-electron chi connectivity index (χ4n) is 4.28. The van der Waals surface area contributed by atoms with Gasteiger partial charge in [0.25, 0.3) is 0 Å². The first kappa shape index (κ1) is 22.9. The molecule has 180 valence electrons. The quantitative estimate of drug-likeness (QED) is 0.399. The van der Waals surface area contributed by atoms with Gasteiger partial charge in [-0.25, -0.2) is 9.97 Å². The molecule has 1 fully saturated rings. The van der Waals surface area contributed by atoms with E-state index in [1.807, 2.05) is 53.4 Å². The van der Waals surface area contributed by atoms with Crippen molar-refractivity contribution in [3.8, 4) is 28.5 Å². The Hall–Kier alpha value is -3.82. The monoisotopic (exact) mass is 472 g/mol. The summed E-state index contributed by atoms with van der Waals surface area (Å²) in [5.41, 5.74) is 1.02. The largest absolute Gasteiger partial charge is 0.496 e. The zero-order valence-corrected chi connectivity index (χ0v) is 19.8. The van der Waals surface area contributed by atoms with E-state index < -0.39 is 5.72 Å². The number of aliphatic hydroxyl groups is 1. The van der Waals surface area contributed by atoms with E-state index in [4.69, 9.17) is 9.15 Å². The highest BCUT2D eigenvalue weighted by molar-refractivity contribution is 5.71. The summed E-state index contributed by atoms with van der Waals surface area (Å²) in [6.45, 7) is 3.34. The molecular formula is C26H28N6O3. The lowest BCUT2D eigenvalue weighted by Gasteiger charge is -2.38. The summed E-state index contributed by atoms with van der Waals surface area (Å²) in [5, 5.41) is 14.8. The van der Waals surface area contributed by atoms with E-state index >= 15 is 0 Å². The van der Waals surface area contributed by atoms with Gasteiger partial charge in [-0.1, -0.05) is 36.8 Å². The van der Waals surface area contributed by atoms with Crippen LogP contribution in [0.3, 0.4) is 0 Å². The molecule has 0 radical (unpaired) electrons. The van der Waals surface area contributed by atoms with Crippen molar-refractivity contribution in [1.82, 2.24) is 24.8 Å². The number of likely N-dealkylation sites (tertiary alicyclic amines) is 1. The maximum absolute atomic E-state index is 11.5. The third-order valence-electron chi connectivity index (χ3n) is 6.22. The van der Waals surface area contributed by atoms with Crippen LogP contribution in [-0.4, -0.2) is 50.1 Å². The Bertz CT molecular complexity index is 1270. The molecule has 0 saturated carbocycles. The van der Waals surface area contributed by atoms with Crippen LogP contribution in [0.25, 0.3) is 22.7 Å². The molecule has 3 heterocycles. The zero-order chi connectivity index (χ0) is 24.3. The van der Waals surface area contributed by atoms with E-state index in [0.717, 1.165) is 49.2 Å². The Morgan fingerprint density at radius 2 is 1.83 bits per heavy atom. The number of oxazole rings is 1. The second-order valence-electron chi connectivity index (χ2n) is 8.65. The molecule has 1 aliphatic heterocycles. The van der Waals surface area contributed by atoms with E-state index in [1.54, 1.807) is 20.2 Å². The van der Waals surface area contributed by atoms with Crippen molar-refractivity contribution < 1.29 is 14.3 Å². The van der Waals surface area contributed by atoms with E-state index in [-0.39, 0.29) is 0 Å². The van der Waals surface area contributed by atoms with Crippen molar-refractivity contribution in [3.05, 3.63) is 66.9 Å². The molecule has 2 aromatic heterocycles. The first-order valence-electron chi connectivity index (χ1n) is 11.7. The maximum atomic E-state index is 11.5. The van der Waals surface area contributed by atoms with Crippen LogP contribution in [0.15, 0.2) is 65.5 Å². The minimum atomic E-state index is -1.32. The van der Waals surface area contributed by atoms with Gasteiger partial charge in [0.05, 0.1) is 18.9 Å². The van der Waals surface area contributed by atoms with E-state index in [1.165, 1.54) is 6.39 Å². The summed E-state index contributed by atoms with van der Waals surface area (Å²) in [5.74, 6) is 2.35. The van der Waals surface area contributed by atoms with Gasteiger partial charge in [0.2, 0.25) is 5.95 Å². The Morgan fingerprint density at radius 3 is 2.54 bits per heavy atom. The Kier molecular flexibility index (Phi) is 6.43. The fourth-order valence-corrected chi connectivity index (χ4v) is 4.28. The third kappa shape index (κ3) is 4.87. The highest BCUT2D eigenvalue weighted by Gasteiger charge is 2.36. The number of rotatable bonds is 7. The molecule has 1 unspecified atom stereocenters. The van der Waals surface area contributed by atoms with Crippen LogP contribution in [0.1, 0.15) is 32.0 Å². The van der Waals surface area contributed by atoms with Crippen molar-refractivity contribution in [2.45, 2.75) is 31.9 Å². The molecule has 1 aliphatic rings. The van der Waals surface area contributed by atoms with Crippen LogP contribution in [-0.2, 0) is 5.72 Å². The summed E-state index contributed by atoms with van der Waals surface area (Å²) in [6.07, 6.45) is 6.26. The fraction of sp³-hybridized carbons (Fsp3) is 0.308. The molecule has 0 amide bonds. The standard InChI is InChI=1S/C26H28N6O3/c1-26(33,32-13-7-4-8-14-32)24-29-23(18-9-5-3-6-10-18)30-25(31-24)28-19-11-12-20(21(15-19)34-2)22-16-27-17-35-22/h3,5-6,9-12,15-17,33H,4,7-8,13-14H2,1-2H3,(H,28,29,30,31). The van der Waals surface area contributed by atoms with Crippen molar-refractivity contribution >= 4 is 11.6 Å². The minimum absolute atomic E-state index is 0.306. The number of hydrogen-bond donors (Lipinski definition) is 2. The van der Waals surface area contributed by atoms with Crippen molar-refractivity contribution in [3.63, 3.8) is 0 Å². The predicted octanol–water partition coefficient (Wildman–Crippen LogP) is 4.60. The van der Waals surface area contributed by atoms with E-state index in [2.05, 4.69) is 25.3 Å². The minimum Gasteiger partial charge on any atom is -0.496 e. The molecule has 0 aliphatic carbocycles. The number of ether oxygens (including phenoxy) is 1. The molecular weight excluding hydrogens is 444 g/mol. The Morgan fingerprint density at radius 1 is 1.03 bits per heavy atom. The molecule has 9 heteroatoms. The van der Waals surface area contributed by atoms with Crippen molar-refractivity contribution in [1.29, 1.82) is 0 Å². The Labute approximate surface area is 203 Å². The molecule has 9 nitrogen and oxygen atoms in total. The number of nitrogens with one attached hydrogen (secondary N) is 1. The van der Waals surface area contributed by atoms with Crippen LogP contribution in [0.4, 0.5) is 11.6 Å². The lowest BCUT2D eigenvalue weighted by molar-refractivity contribution is -0.115. The van der Waals surface area contributed by atoms with Gasteiger partial charge in [0.15, 0.2) is 29.5 Å². The number of aromatic nitrogens is 4. The average Bonchev–Trinajstić information content (AvgIpc) is 3.44. The lowest BCUT2D eigenvalue weighted by atomic mass is 10.1. The summed E-state index contributed by atoms with van der Waals surface area (Å²) >= 11 is 0. The van der Waals surface area contributed by atoms with Crippen LogP contribution in [0.5, 0.6) is 5.75 Å². The van der Waals surface area contributed by atoms with E-state index in [9.17, 15) is 5.11 Å². The molecule has 4 aromatic rings. The van der Waals surface area contributed by atoms with Gasteiger partial charge in [-0.2, -0.15) is 9.97 Å². The van der Waals surface area contributed by atoms with Crippen LogP contribution >= 0.6 is 0 Å². The number of anilines is 2. The SMILES string of the molecule is COc1cc(Nc2nc(-c3ccccc3)nc(C(C)(O)N3CCCCC3)n2)ccc1-c1cnco1. The van der Waals surface area contributed by atoms with Gasteiger partial charge < -0.3 is 19.6 Å². The van der Waals surface area contributed by atoms with Crippen LogP contribution in [0, 0.1) is 0 Å². The molecule has 5 rings (SSSR count). The Balaban J connectivity index is 1.52. The van der Waals surface area contributed by atoms with Gasteiger partial charge in [-0.05, 0) is 31.9 Å². The highest BCUT2D eigenvalue weighted by atomic mass is 16.5. The number of nitrogens with zero attached hydrogens (tertiary/aromatic N) is 5. The highest BCUT2D eigenvalue weighted by Crippen LogP contribution is 2.34. The zero-order valence-electron chi connectivity index (χ0n) is 19.8.